The van der Waals surface area contributed by atoms with Crippen LogP contribution in [-0.4, -0.2) is 48.7 Å². The minimum atomic E-state index is -0.493. The van der Waals surface area contributed by atoms with Gasteiger partial charge in [0.1, 0.15) is 6.54 Å². The number of aliphatic hydroxyl groups is 1. The summed E-state index contributed by atoms with van der Waals surface area (Å²) in [6, 6.07) is 0. The van der Waals surface area contributed by atoms with Crippen LogP contribution in [0.4, 0.5) is 0 Å². The van der Waals surface area contributed by atoms with E-state index in [1.54, 1.807) is 0 Å². The van der Waals surface area contributed by atoms with Crippen molar-refractivity contribution in [2.75, 3.05) is 26.8 Å². The molecular formula is C8H14NO4. The van der Waals surface area contributed by atoms with E-state index in [4.69, 9.17) is 5.11 Å². The summed E-state index contributed by atoms with van der Waals surface area (Å²) in [4.78, 5) is 22.6. The average molecular weight is 188 g/mol. The predicted molar refractivity (Wildman–Crippen MR) is 45.7 cm³/mol. The van der Waals surface area contributed by atoms with Gasteiger partial charge in [-0.15, -0.1) is 0 Å². The number of amides is 1. The third kappa shape index (κ3) is 6.10. The quantitative estimate of drug-likeness (QED) is 0.453. The fourth-order valence-electron chi connectivity index (χ4n) is 0.578. The van der Waals surface area contributed by atoms with E-state index >= 15 is 0 Å². The van der Waals surface area contributed by atoms with Crippen molar-refractivity contribution in [1.29, 1.82) is 0 Å². The first kappa shape index (κ1) is 11.9. The Hall–Kier alpha value is -1.10. The Morgan fingerprint density at radius 3 is 2.62 bits per heavy atom. The molecule has 0 aromatic carbocycles. The van der Waals surface area contributed by atoms with Crippen molar-refractivity contribution in [2.24, 2.45) is 0 Å². The van der Waals surface area contributed by atoms with Crippen LogP contribution >= 0.6 is 0 Å². The van der Waals surface area contributed by atoms with Gasteiger partial charge in [-0.05, 0) is 0 Å². The molecule has 0 aromatic rings. The molecule has 0 saturated carbocycles. The van der Waals surface area contributed by atoms with E-state index in [-0.39, 0.29) is 19.8 Å². The van der Waals surface area contributed by atoms with Gasteiger partial charge < -0.3 is 14.7 Å². The molecule has 0 rings (SSSR count). The summed E-state index contributed by atoms with van der Waals surface area (Å²) in [5, 5.41) is 8.38. The van der Waals surface area contributed by atoms with Crippen molar-refractivity contribution in [3.63, 3.8) is 0 Å². The summed E-state index contributed by atoms with van der Waals surface area (Å²) in [6.07, 6.45) is 0.410. The highest BCUT2D eigenvalue weighted by Crippen LogP contribution is 1.88. The lowest BCUT2D eigenvalue weighted by Crippen LogP contribution is -2.31. The molecule has 0 aliphatic heterocycles. The number of esters is 1. The van der Waals surface area contributed by atoms with Crippen molar-refractivity contribution in [3.05, 3.63) is 6.92 Å². The highest BCUT2D eigenvalue weighted by Gasteiger charge is 2.09. The fourth-order valence-corrected chi connectivity index (χ4v) is 0.578. The van der Waals surface area contributed by atoms with Gasteiger partial charge in [0, 0.05) is 27.0 Å². The lowest BCUT2D eigenvalue weighted by Gasteiger charge is -2.13. The maximum atomic E-state index is 10.9. The number of rotatable bonds is 5. The molecule has 0 aromatic heterocycles. The molecule has 0 atom stereocenters. The van der Waals surface area contributed by atoms with Crippen LogP contribution in [0.5, 0.6) is 0 Å². The number of carbonyl (C=O) groups excluding carboxylic acids is 2. The van der Waals surface area contributed by atoms with Gasteiger partial charge in [-0.25, -0.2) is 0 Å². The molecule has 1 radical (unpaired) electrons. The first-order chi connectivity index (χ1) is 6.07. The summed E-state index contributed by atoms with van der Waals surface area (Å²) >= 11 is 0. The average Bonchev–Trinajstić information content (AvgIpc) is 2.04. The zero-order chi connectivity index (χ0) is 10.3. The molecule has 1 N–H and O–H groups in total. The first-order valence-corrected chi connectivity index (χ1v) is 3.91. The van der Waals surface area contributed by atoms with Crippen LogP contribution in [0, 0.1) is 6.92 Å². The third-order valence-electron chi connectivity index (χ3n) is 1.36. The minimum absolute atomic E-state index is 0.0165. The Morgan fingerprint density at radius 1 is 1.54 bits per heavy atom. The standard InChI is InChI=1S/C8H14NO4/c1-7(11)9(2)6-8(12)13-5-3-4-10/h10H,1,3-6H2,2H3. The molecule has 5 heteroatoms. The van der Waals surface area contributed by atoms with Crippen molar-refractivity contribution in [3.8, 4) is 0 Å². The topological polar surface area (TPSA) is 66.8 Å². The van der Waals surface area contributed by atoms with Crippen LogP contribution in [0.25, 0.3) is 0 Å². The summed E-state index contributed by atoms with van der Waals surface area (Å²) in [6.45, 7) is 3.18. The van der Waals surface area contributed by atoms with E-state index in [2.05, 4.69) is 11.7 Å². The predicted octanol–water partition coefficient (Wildman–Crippen LogP) is -0.796. The lowest BCUT2D eigenvalue weighted by atomic mass is 10.5. The largest absolute Gasteiger partial charge is 0.464 e. The van der Waals surface area contributed by atoms with Gasteiger partial charge >= 0.3 is 5.97 Å². The molecule has 5 nitrogen and oxygen atoms in total. The molecule has 1 amide bonds. The minimum Gasteiger partial charge on any atom is -0.464 e. The van der Waals surface area contributed by atoms with Gasteiger partial charge in [-0.3, -0.25) is 9.59 Å². The Bertz CT molecular complexity index is 181. The van der Waals surface area contributed by atoms with E-state index in [0.29, 0.717) is 6.42 Å². The Labute approximate surface area is 77.3 Å². The second-order valence-electron chi connectivity index (χ2n) is 2.55. The monoisotopic (exact) mass is 188 g/mol. The SMILES string of the molecule is [CH2]C(=O)N(C)CC(=O)OCCCO. The van der Waals surface area contributed by atoms with Crippen molar-refractivity contribution < 1.29 is 19.4 Å². The maximum Gasteiger partial charge on any atom is 0.325 e. The van der Waals surface area contributed by atoms with Crippen LogP contribution in [0.1, 0.15) is 6.42 Å². The van der Waals surface area contributed by atoms with Gasteiger partial charge in [0.25, 0.3) is 0 Å². The van der Waals surface area contributed by atoms with Gasteiger partial charge in [-0.1, -0.05) is 0 Å². The number of carbonyl (C=O) groups is 2. The number of hydrogen-bond donors (Lipinski definition) is 1. The Morgan fingerprint density at radius 2 is 2.15 bits per heavy atom. The molecule has 0 aliphatic rings. The zero-order valence-electron chi connectivity index (χ0n) is 7.65. The molecule has 0 aliphatic carbocycles. The first-order valence-electron chi connectivity index (χ1n) is 3.91. The number of aliphatic hydroxyl groups excluding tert-OH is 1. The van der Waals surface area contributed by atoms with E-state index in [0.717, 1.165) is 4.90 Å². The second-order valence-corrected chi connectivity index (χ2v) is 2.55. The molecule has 0 saturated heterocycles. The summed E-state index contributed by atoms with van der Waals surface area (Å²) in [5.41, 5.74) is 0. The molecule has 75 valence electrons. The van der Waals surface area contributed by atoms with E-state index in [9.17, 15) is 9.59 Å². The summed E-state index contributed by atoms with van der Waals surface area (Å²) < 4.78 is 4.68. The normalized spacial score (nSPS) is 9.46. The van der Waals surface area contributed by atoms with Crippen molar-refractivity contribution in [2.45, 2.75) is 6.42 Å². The van der Waals surface area contributed by atoms with Crippen molar-refractivity contribution >= 4 is 11.9 Å². The van der Waals surface area contributed by atoms with Crippen LogP contribution in [0.2, 0.25) is 0 Å². The van der Waals surface area contributed by atoms with Crippen LogP contribution in [0.15, 0.2) is 0 Å². The van der Waals surface area contributed by atoms with E-state index in [1.807, 2.05) is 0 Å². The lowest BCUT2D eigenvalue weighted by molar-refractivity contribution is -0.147. The number of hydrogen-bond acceptors (Lipinski definition) is 4. The smallest absolute Gasteiger partial charge is 0.325 e. The number of likely N-dealkylation sites (N-methyl/N-ethyl adjacent to an activating group) is 1. The molecule has 0 bridgehead atoms. The number of ether oxygens (including phenoxy) is 1. The third-order valence-corrected chi connectivity index (χ3v) is 1.36. The Kier molecular flexibility index (Phi) is 5.88. The Balaban J connectivity index is 3.56. The summed E-state index contributed by atoms with van der Waals surface area (Å²) in [5.74, 6) is -0.924. The molecule has 0 unspecified atom stereocenters. The van der Waals surface area contributed by atoms with Gasteiger partial charge in [0.05, 0.1) is 6.61 Å². The molecular weight excluding hydrogens is 174 g/mol. The van der Waals surface area contributed by atoms with Crippen molar-refractivity contribution in [1.82, 2.24) is 4.90 Å². The highest BCUT2D eigenvalue weighted by molar-refractivity contribution is 5.84. The maximum absolute atomic E-state index is 10.9. The molecule has 0 fully saturated rings. The van der Waals surface area contributed by atoms with Gasteiger partial charge in [0.2, 0.25) is 5.91 Å². The van der Waals surface area contributed by atoms with E-state index in [1.165, 1.54) is 7.05 Å². The highest BCUT2D eigenvalue weighted by atomic mass is 16.5. The van der Waals surface area contributed by atoms with Gasteiger partial charge in [0.15, 0.2) is 0 Å². The molecule has 0 spiro atoms. The molecule has 13 heavy (non-hydrogen) atoms. The van der Waals surface area contributed by atoms with Crippen LogP contribution in [-0.2, 0) is 14.3 Å². The fraction of sp³-hybridized carbons (Fsp3) is 0.625. The van der Waals surface area contributed by atoms with Gasteiger partial charge in [-0.2, -0.15) is 0 Å². The van der Waals surface area contributed by atoms with E-state index < -0.39 is 11.9 Å². The van der Waals surface area contributed by atoms with Crippen LogP contribution in [0.3, 0.4) is 0 Å². The molecule has 0 heterocycles. The second kappa shape index (κ2) is 6.42. The number of nitrogens with zero attached hydrogens (tertiary/aromatic N) is 1. The summed E-state index contributed by atoms with van der Waals surface area (Å²) in [7, 11) is 1.46. The van der Waals surface area contributed by atoms with Crippen LogP contribution < -0.4 is 0 Å². The zero-order valence-corrected chi connectivity index (χ0v) is 7.65.